The van der Waals surface area contributed by atoms with Crippen molar-refractivity contribution in [1.29, 1.82) is 0 Å². The van der Waals surface area contributed by atoms with E-state index in [1.165, 1.54) is 27.7 Å². The van der Waals surface area contributed by atoms with Gasteiger partial charge >= 0.3 is 6.18 Å². The van der Waals surface area contributed by atoms with Crippen LogP contribution in [0.3, 0.4) is 0 Å². The summed E-state index contributed by atoms with van der Waals surface area (Å²) in [6.07, 6.45) is -3.17. The van der Waals surface area contributed by atoms with Crippen molar-refractivity contribution >= 4 is 44.2 Å². The summed E-state index contributed by atoms with van der Waals surface area (Å²) < 4.78 is 47.4. The number of morpholine rings is 1. The summed E-state index contributed by atoms with van der Waals surface area (Å²) in [5.74, 6) is 1.22. The minimum atomic E-state index is -4.25. The molecule has 2 atom stereocenters. The maximum atomic E-state index is 13.1. The van der Waals surface area contributed by atoms with Crippen molar-refractivity contribution in [2.45, 2.75) is 90.8 Å². The minimum Gasteiger partial charge on any atom is -0.367 e. The second-order valence-corrected chi connectivity index (χ2v) is 14.4. The van der Waals surface area contributed by atoms with Gasteiger partial charge in [-0.15, -0.1) is 11.3 Å². The molecule has 0 spiro atoms. The molecule has 2 N–H and O–H groups in total. The zero-order valence-corrected chi connectivity index (χ0v) is 29.2. The molecule has 48 heavy (non-hydrogen) atoms. The lowest BCUT2D eigenvalue weighted by Gasteiger charge is -2.36. The standard InChI is InChI=1S/C35H46F3N7O2S/c1-6-31-41-32(28-16-26(17-35(36,37)38)48-34(28)42-31)40-25-9-11-43(12-10-25)19-24-7-8-29-27(23(24)4)15-21(2)45(29)18-22(3)44-13-14-47-30(20-44)33(46)39-5/h7-8,15-16,22,25,30H,6,9-14,17-20H2,1-5H3,(H,39,46)(H,40,41,42)/t22-,30?/m0/s1. The molecule has 9 nitrogen and oxygen atoms in total. The fourth-order valence-electron chi connectivity index (χ4n) is 7.07. The third-order valence-corrected chi connectivity index (χ3v) is 10.9. The number of hydrogen-bond donors (Lipinski definition) is 2. The molecule has 1 amide bonds. The van der Waals surface area contributed by atoms with E-state index >= 15 is 0 Å². The fourth-order valence-corrected chi connectivity index (χ4v) is 8.15. The van der Waals surface area contributed by atoms with Crippen LogP contribution in [-0.2, 0) is 35.5 Å². The van der Waals surface area contributed by atoms with E-state index in [0.717, 1.165) is 56.9 Å². The number of alkyl halides is 3. The number of fused-ring (bicyclic) bond motifs is 2. The van der Waals surface area contributed by atoms with Gasteiger partial charge in [0, 0.05) is 86.3 Å². The Morgan fingerprint density at radius 1 is 1.12 bits per heavy atom. The largest absolute Gasteiger partial charge is 0.393 e. The topological polar surface area (TPSA) is 87.5 Å². The molecule has 2 saturated heterocycles. The van der Waals surface area contributed by atoms with Crippen LogP contribution in [0.2, 0.25) is 0 Å². The summed E-state index contributed by atoms with van der Waals surface area (Å²) in [5, 5.41) is 8.23. The van der Waals surface area contributed by atoms with Gasteiger partial charge in [0.25, 0.3) is 0 Å². The summed E-state index contributed by atoms with van der Waals surface area (Å²) in [7, 11) is 1.65. The third kappa shape index (κ3) is 7.64. The SMILES string of the molecule is CCc1nc(NC2CCN(Cc3ccc4c(cc(C)n4C[C@H](C)N4CCOC(C(=O)NC)C4)c3C)CC2)c2cc(CC(F)(F)F)sc2n1. The summed E-state index contributed by atoms with van der Waals surface area (Å²) in [6, 6.07) is 8.84. The number of hydrogen-bond acceptors (Lipinski definition) is 8. The molecule has 5 heterocycles. The van der Waals surface area contributed by atoms with E-state index in [1.54, 1.807) is 13.1 Å². The second-order valence-electron chi connectivity index (χ2n) is 13.3. The van der Waals surface area contributed by atoms with Gasteiger partial charge in [-0.2, -0.15) is 13.2 Å². The fraction of sp³-hybridized carbons (Fsp3) is 0.571. The number of carbonyl (C=O) groups excluding carboxylic acids is 1. The summed E-state index contributed by atoms with van der Waals surface area (Å²) in [5.41, 5.74) is 5.08. The molecule has 0 saturated carbocycles. The van der Waals surface area contributed by atoms with E-state index in [-0.39, 0.29) is 22.9 Å². The van der Waals surface area contributed by atoms with Crippen LogP contribution in [0.15, 0.2) is 24.3 Å². The highest BCUT2D eigenvalue weighted by atomic mass is 32.1. The predicted octanol–water partition coefficient (Wildman–Crippen LogP) is 5.84. The number of anilines is 1. The lowest BCUT2D eigenvalue weighted by molar-refractivity contribution is -0.139. The second kappa shape index (κ2) is 14.3. The molecule has 4 aromatic rings. The Morgan fingerprint density at radius 3 is 2.60 bits per heavy atom. The van der Waals surface area contributed by atoms with Gasteiger partial charge in [0.2, 0.25) is 5.91 Å². The van der Waals surface area contributed by atoms with Crippen LogP contribution >= 0.6 is 11.3 Å². The van der Waals surface area contributed by atoms with Crippen LogP contribution in [0, 0.1) is 13.8 Å². The number of aryl methyl sites for hydroxylation is 3. The number of nitrogens with one attached hydrogen (secondary N) is 2. The molecule has 260 valence electrons. The van der Waals surface area contributed by atoms with Gasteiger partial charge in [0.05, 0.1) is 18.4 Å². The Balaban J connectivity index is 1.09. The maximum Gasteiger partial charge on any atom is 0.393 e. The van der Waals surface area contributed by atoms with Gasteiger partial charge in [0.1, 0.15) is 22.6 Å². The number of benzene rings is 1. The van der Waals surface area contributed by atoms with Crippen molar-refractivity contribution in [3.05, 3.63) is 51.8 Å². The predicted molar refractivity (Wildman–Crippen MR) is 185 cm³/mol. The van der Waals surface area contributed by atoms with Crippen LogP contribution < -0.4 is 10.6 Å². The summed E-state index contributed by atoms with van der Waals surface area (Å²) >= 11 is 1.11. The number of piperidine rings is 1. The highest BCUT2D eigenvalue weighted by molar-refractivity contribution is 7.18. The molecule has 0 aliphatic carbocycles. The number of likely N-dealkylation sites (tertiary alicyclic amines) is 1. The lowest BCUT2D eigenvalue weighted by atomic mass is 10.0. The number of thiophene rings is 1. The number of rotatable bonds is 10. The summed E-state index contributed by atoms with van der Waals surface area (Å²) in [4.78, 5) is 27.1. The van der Waals surface area contributed by atoms with Gasteiger partial charge in [-0.05, 0) is 62.9 Å². The van der Waals surface area contributed by atoms with Crippen LogP contribution in [-0.4, -0.2) is 94.4 Å². The lowest BCUT2D eigenvalue weighted by Crippen LogP contribution is -2.52. The van der Waals surface area contributed by atoms with E-state index in [4.69, 9.17) is 4.74 Å². The van der Waals surface area contributed by atoms with Gasteiger partial charge < -0.3 is 19.9 Å². The van der Waals surface area contributed by atoms with E-state index in [0.29, 0.717) is 41.4 Å². The highest BCUT2D eigenvalue weighted by Crippen LogP contribution is 2.34. The molecule has 1 unspecified atom stereocenters. The van der Waals surface area contributed by atoms with Crippen LogP contribution in [0.25, 0.3) is 21.1 Å². The molecule has 0 radical (unpaired) electrons. The molecule has 6 rings (SSSR count). The average molecular weight is 686 g/mol. The molecule has 3 aromatic heterocycles. The molecule has 0 bridgehead atoms. The number of nitrogens with zero attached hydrogens (tertiary/aromatic N) is 5. The van der Waals surface area contributed by atoms with Gasteiger partial charge in [-0.3, -0.25) is 14.6 Å². The van der Waals surface area contributed by atoms with Crippen molar-refractivity contribution in [2.24, 2.45) is 0 Å². The third-order valence-electron chi connectivity index (χ3n) is 9.88. The van der Waals surface area contributed by atoms with Crippen LogP contribution in [0.1, 0.15) is 54.2 Å². The van der Waals surface area contributed by atoms with Crippen molar-refractivity contribution in [1.82, 2.24) is 29.7 Å². The molecular weight excluding hydrogens is 639 g/mol. The zero-order chi connectivity index (χ0) is 34.2. The number of amides is 1. The first-order valence-corrected chi connectivity index (χ1v) is 17.7. The Labute approximate surface area is 283 Å². The van der Waals surface area contributed by atoms with Crippen LogP contribution in [0.4, 0.5) is 19.0 Å². The Hall–Kier alpha value is -3.26. The van der Waals surface area contributed by atoms with Gasteiger partial charge in [0.15, 0.2) is 0 Å². The number of carbonyl (C=O) groups is 1. The Bertz CT molecular complexity index is 1760. The minimum absolute atomic E-state index is 0.0735. The smallest absolute Gasteiger partial charge is 0.367 e. The quantitative estimate of drug-likeness (QED) is 0.217. The van der Waals surface area contributed by atoms with Crippen molar-refractivity contribution in [3.8, 4) is 0 Å². The van der Waals surface area contributed by atoms with Gasteiger partial charge in [-0.25, -0.2) is 9.97 Å². The first-order valence-electron chi connectivity index (χ1n) is 16.9. The van der Waals surface area contributed by atoms with E-state index in [9.17, 15) is 18.0 Å². The molecular formula is C35H46F3N7O2S. The van der Waals surface area contributed by atoms with Crippen LogP contribution in [0.5, 0.6) is 0 Å². The first kappa shape index (κ1) is 34.6. The number of halogens is 3. The van der Waals surface area contributed by atoms with Crippen molar-refractivity contribution in [3.63, 3.8) is 0 Å². The number of likely N-dealkylation sites (N-methyl/N-ethyl adjacent to an activating group) is 1. The molecule has 2 aliphatic heterocycles. The van der Waals surface area contributed by atoms with E-state index in [1.807, 2.05) is 6.92 Å². The first-order chi connectivity index (χ1) is 22.9. The number of ether oxygens (including phenoxy) is 1. The van der Waals surface area contributed by atoms with Crippen molar-refractivity contribution in [2.75, 3.05) is 45.2 Å². The van der Waals surface area contributed by atoms with Gasteiger partial charge in [-0.1, -0.05) is 13.0 Å². The number of aromatic nitrogens is 3. The summed E-state index contributed by atoms with van der Waals surface area (Å²) in [6.45, 7) is 14.1. The molecule has 13 heteroatoms. The van der Waals surface area contributed by atoms with E-state index < -0.39 is 18.7 Å². The zero-order valence-electron chi connectivity index (χ0n) is 28.4. The molecule has 1 aromatic carbocycles. The van der Waals surface area contributed by atoms with E-state index in [2.05, 4.69) is 73.9 Å². The Morgan fingerprint density at radius 2 is 1.90 bits per heavy atom. The average Bonchev–Trinajstić information content (AvgIpc) is 3.61. The molecule has 2 fully saturated rings. The highest BCUT2D eigenvalue weighted by Gasteiger charge is 2.31. The maximum absolute atomic E-state index is 13.1. The Kier molecular flexibility index (Phi) is 10.3. The molecule has 2 aliphatic rings. The monoisotopic (exact) mass is 685 g/mol. The van der Waals surface area contributed by atoms with Crippen molar-refractivity contribution < 1.29 is 22.7 Å². The normalized spacial score (nSPS) is 19.3.